The summed E-state index contributed by atoms with van der Waals surface area (Å²) in [5, 5.41) is 4.07. The van der Waals surface area contributed by atoms with Gasteiger partial charge in [-0.15, -0.1) is 0 Å². The summed E-state index contributed by atoms with van der Waals surface area (Å²) in [5.41, 5.74) is 1.06. The van der Waals surface area contributed by atoms with E-state index in [2.05, 4.69) is 15.3 Å². The van der Waals surface area contributed by atoms with E-state index in [-0.39, 0.29) is 18.2 Å². The molecule has 0 aliphatic carbocycles. The number of anilines is 1. The van der Waals surface area contributed by atoms with Gasteiger partial charge >= 0.3 is 0 Å². The lowest BCUT2D eigenvalue weighted by atomic mass is 10.1. The lowest BCUT2D eigenvalue weighted by molar-refractivity contribution is -0.119. The monoisotopic (exact) mass is 475 g/mol. The molecule has 32 heavy (non-hydrogen) atoms. The molecule has 3 aromatic rings. The Morgan fingerprint density at radius 1 is 1.28 bits per heavy atom. The molecule has 0 saturated carbocycles. The van der Waals surface area contributed by atoms with Crippen LogP contribution in [0, 0.1) is 0 Å². The fourth-order valence-corrected chi connectivity index (χ4v) is 4.01. The molecule has 8 nitrogen and oxygen atoms in total. The Kier molecular flexibility index (Phi) is 9.21. The number of halogens is 1. The van der Waals surface area contributed by atoms with Crippen molar-refractivity contribution >= 4 is 39.9 Å². The summed E-state index contributed by atoms with van der Waals surface area (Å²) in [6, 6.07) is 7.52. The predicted molar refractivity (Wildman–Crippen MR) is 125 cm³/mol. The van der Waals surface area contributed by atoms with Crippen LogP contribution in [0.2, 0.25) is 5.02 Å². The van der Waals surface area contributed by atoms with Gasteiger partial charge in [-0.3, -0.25) is 14.5 Å². The van der Waals surface area contributed by atoms with Crippen LogP contribution in [-0.4, -0.2) is 53.2 Å². The van der Waals surface area contributed by atoms with Crippen LogP contribution in [-0.2, 0) is 22.5 Å². The number of hydrogen-bond acceptors (Lipinski definition) is 6. The minimum absolute atomic E-state index is 0.0950. The standard InChI is InChI=1S/C22H26ClN5O3S/c1-31-14-8-20(29)28(12-7-17-3-5-18(23)6-4-17)22-26-15-19(32-22)21(30)25-9-2-11-27-13-10-24-16-27/h3-6,10,13,15-16H,2,7-9,11-12,14H2,1H3,(H,25,30). The quantitative estimate of drug-likeness (QED) is 0.405. The fourth-order valence-electron chi connectivity index (χ4n) is 3.01. The van der Waals surface area contributed by atoms with Crippen molar-refractivity contribution < 1.29 is 14.3 Å². The number of benzene rings is 1. The van der Waals surface area contributed by atoms with Crippen molar-refractivity contribution in [2.45, 2.75) is 25.8 Å². The average molecular weight is 476 g/mol. The van der Waals surface area contributed by atoms with Crippen LogP contribution in [0.5, 0.6) is 0 Å². The van der Waals surface area contributed by atoms with Crippen molar-refractivity contribution in [1.82, 2.24) is 19.9 Å². The van der Waals surface area contributed by atoms with Gasteiger partial charge in [-0.2, -0.15) is 0 Å². The fraction of sp³-hybridized carbons (Fsp3) is 0.364. The van der Waals surface area contributed by atoms with Crippen molar-refractivity contribution in [2.24, 2.45) is 0 Å². The smallest absolute Gasteiger partial charge is 0.263 e. The topological polar surface area (TPSA) is 89.4 Å². The molecule has 0 radical (unpaired) electrons. The van der Waals surface area contributed by atoms with E-state index in [0.717, 1.165) is 18.5 Å². The summed E-state index contributed by atoms with van der Waals surface area (Å²) in [5.74, 6) is -0.288. The first kappa shape index (κ1) is 23.9. The third kappa shape index (κ3) is 7.15. The number of methoxy groups -OCH3 is 1. The maximum Gasteiger partial charge on any atom is 0.263 e. The first-order valence-corrected chi connectivity index (χ1v) is 11.5. The summed E-state index contributed by atoms with van der Waals surface area (Å²) in [4.78, 5) is 35.7. The first-order chi connectivity index (χ1) is 15.6. The first-order valence-electron chi connectivity index (χ1n) is 10.3. The molecule has 1 aromatic carbocycles. The SMILES string of the molecule is COCCC(=O)N(CCc1ccc(Cl)cc1)c1ncc(C(=O)NCCCn2ccnc2)s1. The molecule has 10 heteroatoms. The Hall–Kier alpha value is -2.75. The Morgan fingerprint density at radius 3 is 2.81 bits per heavy atom. The molecular formula is C22H26ClN5O3S. The molecule has 0 atom stereocenters. The Labute approximate surface area is 196 Å². The van der Waals surface area contributed by atoms with Gasteiger partial charge in [-0.25, -0.2) is 9.97 Å². The molecule has 0 spiro atoms. The Balaban J connectivity index is 1.59. The molecule has 0 aliphatic heterocycles. The second kappa shape index (κ2) is 12.3. The molecule has 1 N–H and O–H groups in total. The molecule has 0 bridgehead atoms. The third-order valence-corrected chi connectivity index (χ3v) is 6.02. The highest BCUT2D eigenvalue weighted by molar-refractivity contribution is 7.17. The molecule has 0 unspecified atom stereocenters. The van der Waals surface area contributed by atoms with Gasteiger partial charge in [-0.1, -0.05) is 35.1 Å². The summed E-state index contributed by atoms with van der Waals surface area (Å²) in [7, 11) is 1.56. The number of nitrogens with zero attached hydrogens (tertiary/aromatic N) is 4. The number of thiazole rings is 1. The zero-order chi connectivity index (χ0) is 22.8. The number of imidazole rings is 1. The van der Waals surface area contributed by atoms with Gasteiger partial charge in [0.2, 0.25) is 5.91 Å². The maximum atomic E-state index is 12.8. The van der Waals surface area contributed by atoms with Crippen LogP contribution >= 0.6 is 22.9 Å². The summed E-state index contributed by atoms with van der Waals surface area (Å²) in [6.45, 7) is 2.09. The van der Waals surface area contributed by atoms with Gasteiger partial charge in [-0.05, 0) is 30.5 Å². The van der Waals surface area contributed by atoms with E-state index in [1.165, 1.54) is 17.5 Å². The zero-order valence-electron chi connectivity index (χ0n) is 17.9. The van der Waals surface area contributed by atoms with E-state index in [0.29, 0.717) is 41.1 Å². The molecule has 2 heterocycles. The van der Waals surface area contributed by atoms with E-state index in [4.69, 9.17) is 16.3 Å². The molecule has 2 amide bonds. The average Bonchev–Trinajstić information content (AvgIpc) is 3.49. The van der Waals surface area contributed by atoms with Crippen molar-refractivity contribution in [3.63, 3.8) is 0 Å². The number of nitrogens with one attached hydrogen (secondary N) is 1. The molecular weight excluding hydrogens is 450 g/mol. The Bertz CT molecular complexity index is 991. The van der Waals surface area contributed by atoms with Crippen LogP contribution in [0.15, 0.2) is 49.2 Å². The number of carbonyl (C=O) groups excluding carboxylic acids is 2. The van der Waals surface area contributed by atoms with Crippen LogP contribution in [0.4, 0.5) is 5.13 Å². The second-order valence-corrected chi connectivity index (χ2v) is 8.53. The highest BCUT2D eigenvalue weighted by atomic mass is 35.5. The normalized spacial score (nSPS) is 10.8. The molecule has 0 fully saturated rings. The molecule has 0 aliphatic rings. The minimum Gasteiger partial charge on any atom is -0.384 e. The molecule has 3 rings (SSSR count). The van der Waals surface area contributed by atoms with Crippen LogP contribution in [0.25, 0.3) is 0 Å². The minimum atomic E-state index is -0.193. The largest absolute Gasteiger partial charge is 0.384 e. The Morgan fingerprint density at radius 2 is 2.09 bits per heavy atom. The number of rotatable bonds is 12. The highest BCUT2D eigenvalue weighted by Gasteiger charge is 2.20. The summed E-state index contributed by atoms with van der Waals surface area (Å²) >= 11 is 7.16. The number of ether oxygens (including phenoxy) is 1. The van der Waals surface area contributed by atoms with Gasteiger partial charge in [0, 0.05) is 44.2 Å². The lowest BCUT2D eigenvalue weighted by Crippen LogP contribution is -2.33. The third-order valence-electron chi connectivity index (χ3n) is 4.74. The van der Waals surface area contributed by atoms with Gasteiger partial charge in [0.1, 0.15) is 4.88 Å². The summed E-state index contributed by atoms with van der Waals surface area (Å²) in [6.07, 6.45) is 8.55. The van der Waals surface area contributed by atoms with Crippen molar-refractivity contribution in [3.05, 3.63) is 64.6 Å². The van der Waals surface area contributed by atoms with E-state index in [9.17, 15) is 9.59 Å². The molecule has 170 valence electrons. The number of aryl methyl sites for hydroxylation is 1. The highest BCUT2D eigenvalue weighted by Crippen LogP contribution is 2.24. The van der Waals surface area contributed by atoms with Crippen molar-refractivity contribution in [1.29, 1.82) is 0 Å². The van der Waals surface area contributed by atoms with E-state index in [1.807, 2.05) is 35.0 Å². The van der Waals surface area contributed by atoms with Gasteiger partial charge < -0.3 is 14.6 Å². The molecule has 0 saturated heterocycles. The van der Waals surface area contributed by atoms with Crippen LogP contribution in [0.1, 0.15) is 28.1 Å². The number of aromatic nitrogens is 3. The van der Waals surface area contributed by atoms with Crippen LogP contribution in [0.3, 0.4) is 0 Å². The number of carbonyl (C=O) groups is 2. The number of hydrogen-bond donors (Lipinski definition) is 1. The van der Waals surface area contributed by atoms with E-state index >= 15 is 0 Å². The maximum absolute atomic E-state index is 12.8. The summed E-state index contributed by atoms with van der Waals surface area (Å²) < 4.78 is 7.01. The predicted octanol–water partition coefficient (Wildman–Crippen LogP) is 3.43. The number of amides is 2. The molecule has 2 aromatic heterocycles. The van der Waals surface area contributed by atoms with Gasteiger partial charge in [0.15, 0.2) is 5.13 Å². The van der Waals surface area contributed by atoms with E-state index in [1.54, 1.807) is 24.5 Å². The van der Waals surface area contributed by atoms with Gasteiger partial charge in [0.25, 0.3) is 5.91 Å². The zero-order valence-corrected chi connectivity index (χ0v) is 19.4. The van der Waals surface area contributed by atoms with Crippen molar-refractivity contribution in [2.75, 3.05) is 31.7 Å². The van der Waals surface area contributed by atoms with Gasteiger partial charge in [0.05, 0.1) is 25.6 Å². The van der Waals surface area contributed by atoms with Crippen LogP contribution < -0.4 is 10.2 Å². The van der Waals surface area contributed by atoms with E-state index < -0.39 is 0 Å². The lowest BCUT2D eigenvalue weighted by Gasteiger charge is -2.20. The van der Waals surface area contributed by atoms with Crippen molar-refractivity contribution in [3.8, 4) is 0 Å². The second-order valence-electron chi connectivity index (χ2n) is 7.08.